The number of anilines is 2. The normalized spacial score (nSPS) is 10.2. The summed E-state index contributed by atoms with van der Waals surface area (Å²) in [6, 6.07) is 19.1. The van der Waals surface area contributed by atoms with Gasteiger partial charge in [0.1, 0.15) is 0 Å². The van der Waals surface area contributed by atoms with Crippen molar-refractivity contribution in [1.82, 2.24) is 0 Å². The van der Waals surface area contributed by atoms with E-state index in [1.54, 1.807) is 48.5 Å². The average molecular weight is 385 g/mol. The molecule has 6 heteroatoms. The highest BCUT2D eigenvalue weighted by molar-refractivity contribution is 9.10. The zero-order chi connectivity index (χ0) is 16.9. The molecule has 0 saturated carbocycles. The lowest BCUT2D eigenvalue weighted by atomic mass is 10.1. The van der Waals surface area contributed by atoms with Crippen LogP contribution in [0.15, 0.2) is 75.8 Å². The Balaban J connectivity index is 1.80. The third kappa shape index (κ3) is 3.72. The lowest BCUT2D eigenvalue weighted by Crippen LogP contribution is -2.17. The van der Waals surface area contributed by atoms with Gasteiger partial charge in [-0.15, -0.1) is 0 Å². The minimum atomic E-state index is -0.430. The van der Waals surface area contributed by atoms with Crippen LogP contribution in [0.3, 0.4) is 0 Å². The van der Waals surface area contributed by atoms with Crippen molar-refractivity contribution in [2.45, 2.75) is 0 Å². The van der Waals surface area contributed by atoms with Crippen molar-refractivity contribution >= 4 is 39.1 Å². The van der Waals surface area contributed by atoms with Crippen LogP contribution in [0.1, 0.15) is 20.9 Å². The van der Waals surface area contributed by atoms with E-state index >= 15 is 0 Å². The van der Waals surface area contributed by atoms with Crippen molar-refractivity contribution < 1.29 is 14.0 Å². The number of para-hydroxylation sites is 2. The van der Waals surface area contributed by atoms with Crippen LogP contribution in [0.4, 0.5) is 11.4 Å². The predicted octanol–water partition coefficient (Wildman–Crippen LogP) is 4.55. The molecule has 2 amide bonds. The highest BCUT2D eigenvalue weighted by Gasteiger charge is 2.16. The molecule has 1 heterocycles. The zero-order valence-corrected chi connectivity index (χ0v) is 14.0. The molecule has 24 heavy (non-hydrogen) atoms. The Bertz CT molecular complexity index is 875. The first kappa shape index (κ1) is 16.0. The van der Waals surface area contributed by atoms with Gasteiger partial charge in [0.15, 0.2) is 10.4 Å². The number of furan rings is 1. The van der Waals surface area contributed by atoms with Gasteiger partial charge in [0.05, 0.1) is 11.3 Å². The van der Waals surface area contributed by atoms with Crippen LogP contribution in [-0.2, 0) is 0 Å². The molecule has 0 radical (unpaired) electrons. The molecule has 2 aromatic carbocycles. The van der Waals surface area contributed by atoms with Crippen LogP contribution in [-0.4, -0.2) is 11.8 Å². The summed E-state index contributed by atoms with van der Waals surface area (Å²) in [5.74, 6) is -0.585. The minimum Gasteiger partial charge on any atom is -0.444 e. The van der Waals surface area contributed by atoms with Gasteiger partial charge in [-0.1, -0.05) is 30.3 Å². The molecule has 5 nitrogen and oxygen atoms in total. The van der Waals surface area contributed by atoms with Crippen molar-refractivity contribution in [2.24, 2.45) is 0 Å². The van der Waals surface area contributed by atoms with Gasteiger partial charge in [-0.3, -0.25) is 9.59 Å². The first-order valence-corrected chi connectivity index (χ1v) is 7.95. The Hall–Kier alpha value is -2.86. The maximum Gasteiger partial charge on any atom is 0.291 e. The molecular formula is C18H13BrN2O3. The minimum absolute atomic E-state index is 0.153. The van der Waals surface area contributed by atoms with Crippen LogP contribution in [0.2, 0.25) is 0 Å². The number of carbonyl (C=O) groups is 2. The smallest absolute Gasteiger partial charge is 0.291 e. The summed E-state index contributed by atoms with van der Waals surface area (Å²) >= 11 is 3.15. The maximum absolute atomic E-state index is 12.5. The SMILES string of the molecule is O=C(Nc1ccccc1C(=O)Nc1ccccc1)c1ccc(Br)o1. The molecule has 0 unspecified atom stereocenters. The van der Waals surface area contributed by atoms with E-state index in [0.717, 1.165) is 0 Å². The summed E-state index contributed by atoms with van der Waals surface area (Å²) in [6.45, 7) is 0. The van der Waals surface area contributed by atoms with Crippen LogP contribution in [0.25, 0.3) is 0 Å². The standard InChI is InChI=1S/C18H13BrN2O3/c19-16-11-10-15(24-16)18(23)21-14-9-5-4-8-13(14)17(22)20-12-6-2-1-3-7-12/h1-11H,(H,20,22)(H,21,23). The van der Waals surface area contributed by atoms with Gasteiger partial charge in [0.2, 0.25) is 0 Å². The summed E-state index contributed by atoms with van der Waals surface area (Å²) in [5.41, 5.74) is 1.45. The van der Waals surface area contributed by atoms with Gasteiger partial charge < -0.3 is 15.1 Å². The van der Waals surface area contributed by atoms with Gasteiger partial charge in [-0.05, 0) is 52.3 Å². The third-order valence-electron chi connectivity index (χ3n) is 3.25. The number of amides is 2. The monoisotopic (exact) mass is 384 g/mol. The Labute approximate surface area is 146 Å². The van der Waals surface area contributed by atoms with E-state index in [0.29, 0.717) is 21.6 Å². The van der Waals surface area contributed by atoms with E-state index in [2.05, 4.69) is 26.6 Å². The van der Waals surface area contributed by atoms with Crippen LogP contribution in [0, 0.1) is 0 Å². The average Bonchev–Trinajstić information content (AvgIpc) is 3.03. The number of hydrogen-bond donors (Lipinski definition) is 2. The number of halogens is 1. The molecule has 120 valence electrons. The number of rotatable bonds is 4. The summed E-state index contributed by atoms with van der Waals surface area (Å²) in [5, 5.41) is 5.49. The molecule has 0 aliphatic carbocycles. The maximum atomic E-state index is 12.5. The summed E-state index contributed by atoms with van der Waals surface area (Å²) in [6.07, 6.45) is 0. The molecule has 1 aromatic heterocycles. The fourth-order valence-corrected chi connectivity index (χ4v) is 2.44. The van der Waals surface area contributed by atoms with Crippen molar-refractivity contribution in [3.8, 4) is 0 Å². The number of benzene rings is 2. The molecule has 0 saturated heterocycles. The molecule has 3 aromatic rings. The number of carbonyl (C=O) groups excluding carboxylic acids is 2. The molecule has 0 atom stereocenters. The van der Waals surface area contributed by atoms with Crippen molar-refractivity contribution in [3.05, 3.63) is 82.7 Å². The molecule has 2 N–H and O–H groups in total. The first-order chi connectivity index (χ1) is 11.6. The summed E-state index contributed by atoms with van der Waals surface area (Å²) in [7, 11) is 0. The molecule has 3 rings (SSSR count). The van der Waals surface area contributed by atoms with Gasteiger partial charge in [0, 0.05) is 5.69 Å². The molecule has 0 bridgehead atoms. The van der Waals surface area contributed by atoms with E-state index in [1.807, 2.05) is 18.2 Å². The Morgan fingerprint density at radius 1 is 0.792 bits per heavy atom. The van der Waals surface area contributed by atoms with E-state index in [9.17, 15) is 9.59 Å². The first-order valence-electron chi connectivity index (χ1n) is 7.15. The third-order valence-corrected chi connectivity index (χ3v) is 3.67. The Kier molecular flexibility index (Phi) is 4.77. The Morgan fingerprint density at radius 3 is 2.21 bits per heavy atom. The molecule has 0 aliphatic heterocycles. The second kappa shape index (κ2) is 7.14. The summed E-state index contributed by atoms with van der Waals surface area (Å²) < 4.78 is 5.68. The van der Waals surface area contributed by atoms with Gasteiger partial charge in [-0.2, -0.15) is 0 Å². The quantitative estimate of drug-likeness (QED) is 0.692. The van der Waals surface area contributed by atoms with Crippen molar-refractivity contribution in [1.29, 1.82) is 0 Å². The van der Waals surface area contributed by atoms with E-state index < -0.39 is 5.91 Å². The Morgan fingerprint density at radius 2 is 1.50 bits per heavy atom. The zero-order valence-electron chi connectivity index (χ0n) is 12.5. The number of hydrogen-bond acceptors (Lipinski definition) is 3. The largest absolute Gasteiger partial charge is 0.444 e. The van der Waals surface area contributed by atoms with Gasteiger partial charge in [-0.25, -0.2) is 0 Å². The molecule has 0 aliphatic rings. The van der Waals surface area contributed by atoms with Gasteiger partial charge >= 0.3 is 0 Å². The second-order valence-electron chi connectivity index (χ2n) is 4.92. The lowest BCUT2D eigenvalue weighted by molar-refractivity contribution is 0.0995. The fraction of sp³-hybridized carbons (Fsp3) is 0. The van der Waals surface area contributed by atoms with Crippen LogP contribution < -0.4 is 10.6 Å². The van der Waals surface area contributed by atoms with E-state index in [1.165, 1.54) is 0 Å². The van der Waals surface area contributed by atoms with E-state index in [-0.39, 0.29) is 11.7 Å². The van der Waals surface area contributed by atoms with E-state index in [4.69, 9.17) is 4.42 Å². The highest BCUT2D eigenvalue weighted by Crippen LogP contribution is 2.20. The predicted molar refractivity (Wildman–Crippen MR) is 95.2 cm³/mol. The molecule has 0 fully saturated rings. The number of nitrogens with one attached hydrogen (secondary N) is 2. The molecule has 0 spiro atoms. The topological polar surface area (TPSA) is 71.3 Å². The lowest BCUT2D eigenvalue weighted by Gasteiger charge is -2.10. The van der Waals surface area contributed by atoms with Crippen LogP contribution >= 0.6 is 15.9 Å². The fourth-order valence-electron chi connectivity index (χ4n) is 2.13. The van der Waals surface area contributed by atoms with Crippen LogP contribution in [0.5, 0.6) is 0 Å². The van der Waals surface area contributed by atoms with Crippen molar-refractivity contribution in [2.75, 3.05) is 10.6 Å². The van der Waals surface area contributed by atoms with Crippen molar-refractivity contribution in [3.63, 3.8) is 0 Å². The summed E-state index contributed by atoms with van der Waals surface area (Å²) in [4.78, 5) is 24.7. The highest BCUT2D eigenvalue weighted by atomic mass is 79.9. The van der Waals surface area contributed by atoms with Gasteiger partial charge in [0.25, 0.3) is 11.8 Å². The molecular weight excluding hydrogens is 372 g/mol. The second-order valence-corrected chi connectivity index (χ2v) is 5.71.